The van der Waals surface area contributed by atoms with E-state index in [4.69, 9.17) is 5.26 Å². The van der Waals surface area contributed by atoms with E-state index in [1.807, 2.05) is 6.08 Å². The molecule has 1 fully saturated rings. The third-order valence-corrected chi connectivity index (χ3v) is 3.67. The lowest BCUT2D eigenvalue weighted by molar-refractivity contribution is -0.116. The minimum Gasteiger partial charge on any atom is -0.295 e. The van der Waals surface area contributed by atoms with Crippen LogP contribution in [0, 0.1) is 28.6 Å². The summed E-state index contributed by atoms with van der Waals surface area (Å²) in [6.07, 6.45) is 6.25. The van der Waals surface area contributed by atoms with Gasteiger partial charge in [-0.3, -0.25) is 4.79 Å². The number of fused-ring (bicyclic) bond motifs is 1. The summed E-state index contributed by atoms with van der Waals surface area (Å²) in [5.41, 5.74) is -0.0251. The highest BCUT2D eigenvalue weighted by molar-refractivity contribution is 5.91. The normalized spacial score (nSPS) is 42.9. The van der Waals surface area contributed by atoms with Crippen LogP contribution in [0.3, 0.4) is 0 Å². The predicted molar refractivity (Wildman–Crippen MR) is 48.7 cm³/mol. The molecule has 1 saturated carbocycles. The van der Waals surface area contributed by atoms with E-state index >= 15 is 0 Å². The van der Waals surface area contributed by atoms with Crippen LogP contribution in [0.4, 0.5) is 0 Å². The second kappa shape index (κ2) is 2.70. The summed E-state index contributed by atoms with van der Waals surface area (Å²) in [4.78, 5) is 11.2. The maximum atomic E-state index is 11.2. The van der Waals surface area contributed by atoms with Crippen LogP contribution in [0.15, 0.2) is 12.2 Å². The molecule has 2 aliphatic rings. The van der Waals surface area contributed by atoms with E-state index < -0.39 is 0 Å². The quantitative estimate of drug-likeness (QED) is 0.565. The molecular formula is C11H13NO. The lowest BCUT2D eigenvalue weighted by Crippen LogP contribution is -2.30. The Kier molecular flexibility index (Phi) is 1.76. The summed E-state index contributed by atoms with van der Waals surface area (Å²) in [7, 11) is 0. The zero-order valence-electron chi connectivity index (χ0n) is 7.79. The maximum Gasteiger partial charge on any atom is 0.155 e. The van der Waals surface area contributed by atoms with Crippen molar-refractivity contribution in [2.24, 2.45) is 17.3 Å². The molecule has 2 nitrogen and oxygen atoms in total. The van der Waals surface area contributed by atoms with Gasteiger partial charge in [0.05, 0.1) is 12.0 Å². The van der Waals surface area contributed by atoms with Gasteiger partial charge < -0.3 is 0 Å². The van der Waals surface area contributed by atoms with Crippen molar-refractivity contribution >= 4 is 5.78 Å². The number of nitriles is 1. The number of hydrogen-bond donors (Lipinski definition) is 0. The Bertz CT molecular complexity index is 313. The minimum atomic E-state index is -0.0251. The number of allylic oxidation sites excluding steroid dienone is 2. The average molecular weight is 175 g/mol. The fourth-order valence-electron chi connectivity index (χ4n) is 2.64. The van der Waals surface area contributed by atoms with Crippen LogP contribution in [0.1, 0.15) is 26.2 Å². The molecule has 3 unspecified atom stereocenters. The summed E-state index contributed by atoms with van der Waals surface area (Å²) < 4.78 is 0. The predicted octanol–water partition coefficient (Wildman–Crippen LogP) is 2.07. The van der Waals surface area contributed by atoms with Crippen LogP contribution in [0.2, 0.25) is 0 Å². The Labute approximate surface area is 78.2 Å². The molecule has 0 heterocycles. The first-order valence-electron chi connectivity index (χ1n) is 4.78. The lowest BCUT2D eigenvalue weighted by atomic mass is 9.69. The van der Waals surface area contributed by atoms with Gasteiger partial charge >= 0.3 is 0 Å². The zero-order valence-corrected chi connectivity index (χ0v) is 7.79. The Balaban J connectivity index is 2.35. The zero-order chi connectivity index (χ0) is 9.47. The molecule has 2 rings (SSSR count). The summed E-state index contributed by atoms with van der Waals surface area (Å²) in [5, 5.41) is 8.97. The number of carbonyl (C=O) groups is 1. The largest absolute Gasteiger partial charge is 0.295 e. The fourth-order valence-corrected chi connectivity index (χ4v) is 2.64. The highest BCUT2D eigenvalue weighted by atomic mass is 16.1. The number of hydrogen-bond acceptors (Lipinski definition) is 2. The second-order valence-corrected chi connectivity index (χ2v) is 4.33. The van der Waals surface area contributed by atoms with E-state index in [1.54, 1.807) is 6.08 Å². The number of carbonyl (C=O) groups excluding carboxylic acids is 1. The van der Waals surface area contributed by atoms with E-state index in [1.165, 1.54) is 0 Å². The monoisotopic (exact) mass is 175 g/mol. The molecule has 2 aliphatic carbocycles. The van der Waals surface area contributed by atoms with Crippen LogP contribution in [0.25, 0.3) is 0 Å². The number of ketones is 1. The van der Waals surface area contributed by atoms with Gasteiger partial charge in [0, 0.05) is 11.8 Å². The van der Waals surface area contributed by atoms with E-state index in [0.717, 1.165) is 12.8 Å². The third-order valence-electron chi connectivity index (χ3n) is 3.67. The first-order chi connectivity index (χ1) is 6.16. The molecule has 0 radical (unpaired) electrons. The molecule has 0 saturated heterocycles. The molecule has 0 amide bonds. The highest BCUT2D eigenvalue weighted by Gasteiger charge is 2.47. The molecule has 0 aliphatic heterocycles. The standard InChI is InChI=1S/C11H13NO/c1-11-5-4-10(13)6-8(11)2-3-9(11)7-12/h4-5,8-9H,2-3,6H2,1H3. The van der Waals surface area contributed by atoms with Crippen molar-refractivity contribution in [3.05, 3.63) is 12.2 Å². The van der Waals surface area contributed by atoms with E-state index in [-0.39, 0.29) is 17.1 Å². The van der Waals surface area contributed by atoms with Gasteiger partial charge in [-0.1, -0.05) is 13.0 Å². The summed E-state index contributed by atoms with van der Waals surface area (Å²) in [5.74, 6) is 0.748. The van der Waals surface area contributed by atoms with Crippen LogP contribution in [-0.2, 0) is 4.79 Å². The van der Waals surface area contributed by atoms with Crippen LogP contribution in [-0.4, -0.2) is 5.78 Å². The van der Waals surface area contributed by atoms with Crippen molar-refractivity contribution in [3.8, 4) is 6.07 Å². The van der Waals surface area contributed by atoms with Gasteiger partial charge in [-0.05, 0) is 24.8 Å². The van der Waals surface area contributed by atoms with E-state index in [0.29, 0.717) is 12.3 Å². The molecule has 0 N–H and O–H groups in total. The molecule has 13 heavy (non-hydrogen) atoms. The Hall–Kier alpha value is -1.10. The lowest BCUT2D eigenvalue weighted by Gasteiger charge is -2.33. The average Bonchev–Trinajstić information content (AvgIpc) is 2.42. The SMILES string of the molecule is CC12C=CC(=O)CC1CCC2C#N. The van der Waals surface area contributed by atoms with E-state index in [2.05, 4.69) is 13.0 Å². The van der Waals surface area contributed by atoms with Gasteiger partial charge in [-0.2, -0.15) is 5.26 Å². The smallest absolute Gasteiger partial charge is 0.155 e. The topological polar surface area (TPSA) is 40.9 Å². The number of rotatable bonds is 0. The maximum absolute atomic E-state index is 11.2. The molecule has 3 atom stereocenters. The molecule has 2 heteroatoms. The molecular weight excluding hydrogens is 162 g/mol. The van der Waals surface area contributed by atoms with Gasteiger partial charge in [-0.25, -0.2) is 0 Å². The first-order valence-corrected chi connectivity index (χ1v) is 4.78. The van der Waals surface area contributed by atoms with Gasteiger partial charge in [0.25, 0.3) is 0 Å². The van der Waals surface area contributed by atoms with Crippen LogP contribution >= 0.6 is 0 Å². The van der Waals surface area contributed by atoms with Crippen molar-refractivity contribution in [2.75, 3.05) is 0 Å². The Morgan fingerprint density at radius 3 is 3.08 bits per heavy atom. The number of nitrogens with zero attached hydrogens (tertiary/aromatic N) is 1. The minimum absolute atomic E-state index is 0.0251. The van der Waals surface area contributed by atoms with Gasteiger partial charge in [0.15, 0.2) is 5.78 Å². The van der Waals surface area contributed by atoms with Gasteiger partial charge in [0.1, 0.15) is 0 Å². The molecule has 0 aromatic heterocycles. The summed E-state index contributed by atoms with van der Waals surface area (Å²) >= 11 is 0. The Morgan fingerprint density at radius 2 is 2.38 bits per heavy atom. The van der Waals surface area contributed by atoms with Crippen molar-refractivity contribution in [2.45, 2.75) is 26.2 Å². The summed E-state index contributed by atoms with van der Waals surface area (Å²) in [6, 6.07) is 2.36. The van der Waals surface area contributed by atoms with Crippen molar-refractivity contribution in [1.29, 1.82) is 5.26 Å². The van der Waals surface area contributed by atoms with E-state index in [9.17, 15) is 4.79 Å². The third kappa shape index (κ3) is 1.11. The first kappa shape index (κ1) is 8.50. The van der Waals surface area contributed by atoms with Crippen molar-refractivity contribution in [1.82, 2.24) is 0 Å². The van der Waals surface area contributed by atoms with Crippen LogP contribution in [0.5, 0.6) is 0 Å². The molecule has 0 spiro atoms. The van der Waals surface area contributed by atoms with Crippen LogP contribution < -0.4 is 0 Å². The summed E-state index contributed by atoms with van der Waals surface area (Å²) in [6.45, 7) is 2.11. The molecule has 0 aromatic rings. The molecule has 68 valence electrons. The van der Waals surface area contributed by atoms with Gasteiger partial charge in [0.2, 0.25) is 0 Å². The van der Waals surface area contributed by atoms with Gasteiger partial charge in [-0.15, -0.1) is 0 Å². The molecule has 0 bridgehead atoms. The fraction of sp³-hybridized carbons (Fsp3) is 0.636. The Morgan fingerprint density at radius 1 is 1.62 bits per heavy atom. The second-order valence-electron chi connectivity index (χ2n) is 4.33. The molecule has 0 aromatic carbocycles. The van der Waals surface area contributed by atoms with Crippen molar-refractivity contribution in [3.63, 3.8) is 0 Å². The van der Waals surface area contributed by atoms with Crippen molar-refractivity contribution < 1.29 is 4.79 Å². The highest BCUT2D eigenvalue weighted by Crippen LogP contribution is 2.51.